The molecule has 1 amide bonds. The molecule has 2 heterocycles. The number of nitrogens with one attached hydrogen (secondary N) is 1. The number of amides is 1. The first-order valence-electron chi connectivity index (χ1n) is 10.6. The van der Waals surface area contributed by atoms with Crippen molar-refractivity contribution in [2.45, 2.75) is 13.0 Å². The van der Waals surface area contributed by atoms with Crippen LogP contribution in [-0.2, 0) is 9.59 Å². The number of ketones is 1. The fraction of sp³-hybridized carbons (Fsp3) is 0.111. The number of aromatic nitrogens is 1. The van der Waals surface area contributed by atoms with Gasteiger partial charge in [0.1, 0.15) is 11.5 Å². The molecular weight excluding hydrogens is 416 g/mol. The monoisotopic (exact) mass is 438 g/mol. The van der Waals surface area contributed by atoms with Gasteiger partial charge in [-0.2, -0.15) is 0 Å². The average molecular weight is 438 g/mol. The third-order valence-electron chi connectivity index (χ3n) is 6.10. The lowest BCUT2D eigenvalue weighted by Gasteiger charge is -2.26. The molecule has 4 aromatic rings. The van der Waals surface area contributed by atoms with E-state index in [1.807, 2.05) is 55.5 Å². The quantitative estimate of drug-likeness (QED) is 0.263. The summed E-state index contributed by atoms with van der Waals surface area (Å²) in [4.78, 5) is 31.4. The lowest BCUT2D eigenvalue weighted by molar-refractivity contribution is -0.132. The molecule has 1 unspecified atom stereocenters. The highest BCUT2D eigenvalue weighted by Crippen LogP contribution is 2.45. The number of benzene rings is 3. The number of methoxy groups -OCH3 is 1. The van der Waals surface area contributed by atoms with Crippen molar-refractivity contribution in [2.24, 2.45) is 0 Å². The number of aromatic amines is 1. The largest absolute Gasteiger partial charge is 0.507 e. The zero-order chi connectivity index (χ0) is 23.1. The van der Waals surface area contributed by atoms with Gasteiger partial charge in [-0.15, -0.1) is 0 Å². The molecule has 6 heteroatoms. The van der Waals surface area contributed by atoms with Crippen molar-refractivity contribution >= 4 is 34.0 Å². The maximum atomic E-state index is 13.3. The maximum Gasteiger partial charge on any atom is 0.300 e. The first-order valence-corrected chi connectivity index (χ1v) is 10.6. The number of fused-ring (bicyclic) bond motifs is 1. The number of anilines is 1. The second kappa shape index (κ2) is 7.98. The average Bonchev–Trinajstić information content (AvgIpc) is 3.38. The van der Waals surface area contributed by atoms with Gasteiger partial charge in [0.15, 0.2) is 0 Å². The van der Waals surface area contributed by atoms with Crippen molar-refractivity contribution in [2.75, 3.05) is 12.0 Å². The van der Waals surface area contributed by atoms with E-state index < -0.39 is 17.7 Å². The summed E-state index contributed by atoms with van der Waals surface area (Å²) < 4.78 is 5.20. The molecule has 1 aromatic heterocycles. The molecule has 1 aliphatic rings. The molecule has 0 aliphatic carbocycles. The van der Waals surface area contributed by atoms with Gasteiger partial charge >= 0.3 is 0 Å². The lowest BCUT2D eigenvalue weighted by atomic mass is 9.94. The second-order valence-electron chi connectivity index (χ2n) is 7.97. The summed E-state index contributed by atoms with van der Waals surface area (Å²) in [5, 5.41) is 12.2. The number of Topliss-reactive ketones (excluding diaryl/α,β-unsaturated/α-hetero) is 1. The Morgan fingerprint density at radius 3 is 2.39 bits per heavy atom. The topological polar surface area (TPSA) is 82.6 Å². The van der Waals surface area contributed by atoms with Crippen LogP contribution in [0.15, 0.2) is 84.6 Å². The summed E-state index contributed by atoms with van der Waals surface area (Å²) in [6.07, 6.45) is 1.80. The number of carbonyl (C=O) groups is 2. The van der Waals surface area contributed by atoms with Crippen LogP contribution >= 0.6 is 0 Å². The molecule has 1 saturated heterocycles. The van der Waals surface area contributed by atoms with Crippen LogP contribution in [0.25, 0.3) is 16.7 Å². The first-order chi connectivity index (χ1) is 16.0. The Kier molecular flexibility index (Phi) is 4.98. The number of H-pyrrole nitrogens is 1. The van der Waals surface area contributed by atoms with E-state index in [9.17, 15) is 14.7 Å². The fourth-order valence-electron chi connectivity index (χ4n) is 4.43. The smallest absolute Gasteiger partial charge is 0.300 e. The van der Waals surface area contributed by atoms with Crippen LogP contribution in [-0.4, -0.2) is 28.9 Å². The zero-order valence-corrected chi connectivity index (χ0v) is 18.2. The van der Waals surface area contributed by atoms with E-state index in [-0.39, 0.29) is 11.3 Å². The van der Waals surface area contributed by atoms with Crippen molar-refractivity contribution in [1.29, 1.82) is 0 Å². The number of aliphatic hydroxyl groups is 1. The van der Waals surface area contributed by atoms with Gasteiger partial charge in [-0.1, -0.05) is 36.4 Å². The molecule has 5 rings (SSSR count). The van der Waals surface area contributed by atoms with Crippen molar-refractivity contribution in [3.05, 3.63) is 101 Å². The Bertz CT molecular complexity index is 1420. The number of hydrogen-bond donors (Lipinski definition) is 2. The minimum atomic E-state index is -0.788. The van der Waals surface area contributed by atoms with Gasteiger partial charge in [0.2, 0.25) is 0 Å². The Labute approximate surface area is 190 Å². The van der Waals surface area contributed by atoms with E-state index in [0.29, 0.717) is 17.0 Å². The van der Waals surface area contributed by atoms with Crippen LogP contribution in [0.3, 0.4) is 0 Å². The van der Waals surface area contributed by atoms with Gasteiger partial charge in [0.05, 0.1) is 18.7 Å². The highest BCUT2D eigenvalue weighted by Gasteiger charge is 2.48. The Morgan fingerprint density at radius 2 is 1.67 bits per heavy atom. The van der Waals surface area contributed by atoms with Gasteiger partial charge in [0, 0.05) is 33.9 Å². The molecule has 0 saturated carbocycles. The highest BCUT2D eigenvalue weighted by molar-refractivity contribution is 6.52. The van der Waals surface area contributed by atoms with Gasteiger partial charge in [0.25, 0.3) is 11.7 Å². The summed E-state index contributed by atoms with van der Waals surface area (Å²) in [5.41, 5.74) is 3.59. The van der Waals surface area contributed by atoms with Gasteiger partial charge in [-0.25, -0.2) is 0 Å². The van der Waals surface area contributed by atoms with E-state index in [2.05, 4.69) is 4.98 Å². The molecule has 0 spiro atoms. The van der Waals surface area contributed by atoms with Crippen LogP contribution in [0.1, 0.15) is 22.7 Å². The summed E-state index contributed by atoms with van der Waals surface area (Å²) >= 11 is 0. The summed E-state index contributed by atoms with van der Waals surface area (Å²) in [6.45, 7) is 1.89. The number of aryl methyl sites for hydroxylation is 1. The minimum Gasteiger partial charge on any atom is -0.507 e. The van der Waals surface area contributed by atoms with Crippen LogP contribution < -0.4 is 9.64 Å². The van der Waals surface area contributed by atoms with E-state index >= 15 is 0 Å². The third-order valence-corrected chi connectivity index (χ3v) is 6.10. The van der Waals surface area contributed by atoms with Crippen molar-refractivity contribution in [3.63, 3.8) is 0 Å². The van der Waals surface area contributed by atoms with Crippen LogP contribution in [0.5, 0.6) is 5.75 Å². The number of para-hydroxylation sites is 2. The van der Waals surface area contributed by atoms with E-state index in [4.69, 9.17) is 4.74 Å². The maximum absolute atomic E-state index is 13.3. The fourth-order valence-corrected chi connectivity index (χ4v) is 4.43. The number of nitrogens with zero attached hydrogens (tertiary/aromatic N) is 1. The number of ether oxygens (including phenoxy) is 1. The zero-order valence-electron chi connectivity index (χ0n) is 18.2. The Hall–Kier alpha value is -4.32. The van der Waals surface area contributed by atoms with Gasteiger partial charge < -0.3 is 14.8 Å². The number of aliphatic hydroxyl groups excluding tert-OH is 1. The molecule has 0 bridgehead atoms. The van der Waals surface area contributed by atoms with E-state index in [1.54, 1.807) is 37.6 Å². The molecule has 6 nitrogen and oxygen atoms in total. The van der Waals surface area contributed by atoms with Gasteiger partial charge in [-0.3, -0.25) is 14.5 Å². The molecule has 0 radical (unpaired) electrons. The Balaban J connectivity index is 1.77. The number of carbonyl (C=O) groups excluding carboxylic acids is 2. The molecule has 3 aromatic carbocycles. The predicted octanol–water partition coefficient (Wildman–Crippen LogP) is 5.11. The second-order valence-corrected chi connectivity index (χ2v) is 7.97. The minimum absolute atomic E-state index is 0.0539. The first kappa shape index (κ1) is 20.6. The molecule has 1 fully saturated rings. The van der Waals surface area contributed by atoms with E-state index in [1.165, 1.54) is 4.90 Å². The van der Waals surface area contributed by atoms with Gasteiger partial charge in [-0.05, 0) is 48.9 Å². The normalized spacial score (nSPS) is 17.6. The van der Waals surface area contributed by atoms with Crippen molar-refractivity contribution < 1.29 is 19.4 Å². The molecule has 1 atom stereocenters. The van der Waals surface area contributed by atoms with Crippen LogP contribution in [0, 0.1) is 6.92 Å². The molecular formula is C27H22N2O4. The number of hydrogen-bond acceptors (Lipinski definition) is 4. The molecule has 33 heavy (non-hydrogen) atoms. The summed E-state index contributed by atoms with van der Waals surface area (Å²) in [7, 11) is 1.56. The summed E-state index contributed by atoms with van der Waals surface area (Å²) in [5.74, 6) is -0.987. The molecule has 2 N–H and O–H groups in total. The highest BCUT2D eigenvalue weighted by atomic mass is 16.5. The molecule has 1 aliphatic heterocycles. The van der Waals surface area contributed by atoms with Crippen LogP contribution in [0.4, 0.5) is 5.69 Å². The van der Waals surface area contributed by atoms with Crippen LogP contribution in [0.2, 0.25) is 0 Å². The Morgan fingerprint density at radius 1 is 0.970 bits per heavy atom. The van der Waals surface area contributed by atoms with Crippen molar-refractivity contribution in [3.8, 4) is 5.75 Å². The SMILES string of the molecule is COc1ccc(/C(O)=C2\C(=O)C(=O)N(c3ccccc3C)C2c2c[nH]c3ccccc23)cc1. The third kappa shape index (κ3) is 3.27. The van der Waals surface area contributed by atoms with Crippen molar-refractivity contribution in [1.82, 2.24) is 4.98 Å². The number of rotatable bonds is 4. The lowest BCUT2D eigenvalue weighted by Crippen LogP contribution is -2.30. The summed E-state index contributed by atoms with van der Waals surface area (Å²) in [6, 6.07) is 21.1. The molecule has 164 valence electrons. The predicted molar refractivity (Wildman–Crippen MR) is 127 cm³/mol. The van der Waals surface area contributed by atoms with E-state index in [0.717, 1.165) is 22.0 Å². The standard InChI is InChI=1S/C27H22N2O4/c1-16-7-3-6-10-22(16)29-24(20-15-28-21-9-5-4-8-19(20)21)23(26(31)27(29)32)25(30)17-11-13-18(33-2)14-12-17/h3-15,24,28,30H,1-2H3/b25-23+.